The van der Waals surface area contributed by atoms with Gasteiger partial charge in [-0.2, -0.15) is 0 Å². The van der Waals surface area contributed by atoms with Crippen LogP contribution in [0.25, 0.3) is 0 Å². The van der Waals surface area contributed by atoms with Gasteiger partial charge in [0.1, 0.15) is 12.4 Å². The van der Waals surface area contributed by atoms with Gasteiger partial charge in [-0.15, -0.1) is 0 Å². The normalized spacial score (nSPS) is 10.4. The Bertz CT molecular complexity index is 659. The smallest absolute Gasteiger partial charge is 0.251 e. The molecule has 0 radical (unpaired) electrons. The van der Waals surface area contributed by atoms with Crippen LogP contribution in [0.1, 0.15) is 15.9 Å². The molecule has 0 unspecified atom stereocenters. The highest BCUT2D eigenvalue weighted by atomic mass is 19.2. The molecule has 0 spiro atoms. The molecule has 2 aromatic rings. The van der Waals surface area contributed by atoms with Crippen LogP contribution in [0.5, 0.6) is 5.75 Å². The van der Waals surface area contributed by atoms with Crippen molar-refractivity contribution in [1.29, 1.82) is 0 Å². The van der Waals surface area contributed by atoms with E-state index in [0.29, 0.717) is 19.0 Å². The van der Waals surface area contributed by atoms with Gasteiger partial charge in [-0.25, -0.2) is 8.78 Å². The highest BCUT2D eigenvalue weighted by Crippen LogP contribution is 2.13. The van der Waals surface area contributed by atoms with E-state index in [1.54, 1.807) is 19.2 Å². The van der Waals surface area contributed by atoms with Crippen molar-refractivity contribution in [2.24, 2.45) is 0 Å². The summed E-state index contributed by atoms with van der Waals surface area (Å²) in [5.41, 5.74) is 0.934. The summed E-state index contributed by atoms with van der Waals surface area (Å²) in [6, 6.07) is 10.2. The summed E-state index contributed by atoms with van der Waals surface area (Å²) in [7, 11) is 1.60. The van der Waals surface area contributed by atoms with Crippen molar-refractivity contribution in [3.8, 4) is 5.75 Å². The first kappa shape index (κ1) is 16.9. The average molecular weight is 321 g/mol. The van der Waals surface area contributed by atoms with Crippen LogP contribution in [0.3, 0.4) is 0 Å². The van der Waals surface area contributed by atoms with Crippen molar-refractivity contribution < 1.29 is 23.0 Å². The van der Waals surface area contributed by atoms with E-state index < -0.39 is 17.5 Å². The number of nitrogens with one attached hydrogen (secondary N) is 1. The van der Waals surface area contributed by atoms with E-state index in [4.69, 9.17) is 9.47 Å². The van der Waals surface area contributed by atoms with Crippen LogP contribution < -0.4 is 10.1 Å². The molecule has 1 amide bonds. The number of hydrogen-bond acceptors (Lipinski definition) is 3. The maximum absolute atomic E-state index is 13.1. The second kappa shape index (κ2) is 8.24. The maximum Gasteiger partial charge on any atom is 0.251 e. The molecule has 0 atom stereocenters. The molecular formula is C17H17F2NO3. The molecule has 0 bridgehead atoms. The third-order valence-corrected chi connectivity index (χ3v) is 3.11. The highest BCUT2D eigenvalue weighted by molar-refractivity contribution is 5.94. The molecule has 0 fully saturated rings. The van der Waals surface area contributed by atoms with Crippen molar-refractivity contribution in [2.45, 2.75) is 6.54 Å². The fourth-order valence-electron chi connectivity index (χ4n) is 1.87. The molecule has 1 N–H and O–H groups in total. The number of hydrogen-bond donors (Lipinski definition) is 1. The standard InChI is InChI=1S/C17H17F2NO3/c1-22-8-9-23-14-5-2-12(3-6-14)11-20-17(21)13-4-7-15(18)16(19)10-13/h2-7,10H,8-9,11H2,1H3,(H,20,21). The summed E-state index contributed by atoms with van der Waals surface area (Å²) >= 11 is 0. The molecule has 122 valence electrons. The van der Waals surface area contributed by atoms with E-state index >= 15 is 0 Å². The van der Waals surface area contributed by atoms with Crippen molar-refractivity contribution >= 4 is 5.91 Å². The van der Waals surface area contributed by atoms with Crippen molar-refractivity contribution in [3.05, 3.63) is 65.2 Å². The Hall–Kier alpha value is -2.47. The monoisotopic (exact) mass is 321 g/mol. The molecule has 6 heteroatoms. The number of carbonyl (C=O) groups excluding carboxylic acids is 1. The number of ether oxygens (including phenoxy) is 2. The van der Waals surface area contributed by atoms with E-state index in [1.165, 1.54) is 6.07 Å². The molecule has 4 nitrogen and oxygen atoms in total. The van der Waals surface area contributed by atoms with Crippen LogP contribution in [0.15, 0.2) is 42.5 Å². The van der Waals surface area contributed by atoms with E-state index in [0.717, 1.165) is 17.7 Å². The first-order chi connectivity index (χ1) is 11.1. The second-order valence-corrected chi connectivity index (χ2v) is 4.80. The van der Waals surface area contributed by atoms with Crippen molar-refractivity contribution in [2.75, 3.05) is 20.3 Å². The summed E-state index contributed by atoms with van der Waals surface area (Å²) in [5, 5.41) is 2.64. The summed E-state index contributed by atoms with van der Waals surface area (Å²) in [6.07, 6.45) is 0. The van der Waals surface area contributed by atoms with Gasteiger partial charge in [0.15, 0.2) is 11.6 Å². The fraction of sp³-hybridized carbons (Fsp3) is 0.235. The zero-order chi connectivity index (χ0) is 16.7. The number of carbonyl (C=O) groups is 1. The maximum atomic E-state index is 13.1. The first-order valence-corrected chi connectivity index (χ1v) is 7.04. The number of methoxy groups -OCH3 is 1. The van der Waals surface area contributed by atoms with E-state index in [1.807, 2.05) is 12.1 Å². The lowest BCUT2D eigenvalue weighted by molar-refractivity contribution is 0.0950. The van der Waals surface area contributed by atoms with Crippen LogP contribution in [0, 0.1) is 11.6 Å². The molecule has 0 aliphatic rings. The summed E-state index contributed by atoms with van der Waals surface area (Å²) in [6.45, 7) is 1.24. The van der Waals surface area contributed by atoms with Crippen molar-refractivity contribution in [3.63, 3.8) is 0 Å². The summed E-state index contributed by atoms with van der Waals surface area (Å²) in [5.74, 6) is -1.79. The van der Waals surface area contributed by atoms with Gasteiger partial charge in [-0.05, 0) is 35.9 Å². The quantitative estimate of drug-likeness (QED) is 0.798. The largest absolute Gasteiger partial charge is 0.491 e. The van der Waals surface area contributed by atoms with Gasteiger partial charge in [0.05, 0.1) is 6.61 Å². The summed E-state index contributed by atoms with van der Waals surface area (Å²) in [4.78, 5) is 11.9. The lowest BCUT2D eigenvalue weighted by atomic mass is 10.2. The molecule has 2 rings (SSSR count). The molecule has 0 aromatic heterocycles. The van der Waals surface area contributed by atoms with Crippen LogP contribution in [-0.4, -0.2) is 26.2 Å². The minimum Gasteiger partial charge on any atom is -0.491 e. The predicted octanol–water partition coefficient (Wildman–Crippen LogP) is 2.92. The van der Waals surface area contributed by atoms with E-state index in [9.17, 15) is 13.6 Å². The second-order valence-electron chi connectivity index (χ2n) is 4.80. The molecule has 0 heterocycles. The summed E-state index contributed by atoms with van der Waals surface area (Å²) < 4.78 is 36.3. The van der Waals surface area contributed by atoms with Gasteiger partial charge in [-0.3, -0.25) is 4.79 Å². The Balaban J connectivity index is 1.87. The lowest BCUT2D eigenvalue weighted by Crippen LogP contribution is -2.22. The van der Waals surface area contributed by atoms with Gasteiger partial charge in [0.25, 0.3) is 5.91 Å². The number of amides is 1. The minimum atomic E-state index is -1.05. The zero-order valence-electron chi connectivity index (χ0n) is 12.6. The Morgan fingerprint density at radius 1 is 1.04 bits per heavy atom. The Morgan fingerprint density at radius 2 is 1.78 bits per heavy atom. The Kier molecular flexibility index (Phi) is 6.05. The van der Waals surface area contributed by atoms with Crippen LogP contribution in [0.4, 0.5) is 8.78 Å². The van der Waals surface area contributed by atoms with Gasteiger partial charge in [0, 0.05) is 19.2 Å². The van der Waals surface area contributed by atoms with Crippen LogP contribution in [0.2, 0.25) is 0 Å². The zero-order valence-corrected chi connectivity index (χ0v) is 12.6. The van der Waals surface area contributed by atoms with Gasteiger partial charge in [-0.1, -0.05) is 12.1 Å². The topological polar surface area (TPSA) is 47.6 Å². The van der Waals surface area contributed by atoms with Crippen LogP contribution in [-0.2, 0) is 11.3 Å². The number of benzene rings is 2. The molecule has 0 aliphatic carbocycles. The molecule has 0 saturated carbocycles. The van der Waals surface area contributed by atoms with Crippen molar-refractivity contribution in [1.82, 2.24) is 5.32 Å². The van der Waals surface area contributed by atoms with E-state index in [2.05, 4.69) is 5.32 Å². The number of rotatable bonds is 7. The first-order valence-electron chi connectivity index (χ1n) is 7.04. The fourth-order valence-corrected chi connectivity index (χ4v) is 1.87. The van der Waals surface area contributed by atoms with Gasteiger partial charge < -0.3 is 14.8 Å². The third-order valence-electron chi connectivity index (χ3n) is 3.11. The van der Waals surface area contributed by atoms with Gasteiger partial charge in [0.2, 0.25) is 0 Å². The minimum absolute atomic E-state index is 0.0726. The molecule has 2 aromatic carbocycles. The highest BCUT2D eigenvalue weighted by Gasteiger charge is 2.09. The number of halogens is 2. The Labute approximate surface area is 133 Å². The average Bonchev–Trinajstić information content (AvgIpc) is 2.56. The predicted molar refractivity (Wildman–Crippen MR) is 81.3 cm³/mol. The Morgan fingerprint density at radius 3 is 2.43 bits per heavy atom. The SMILES string of the molecule is COCCOc1ccc(CNC(=O)c2ccc(F)c(F)c2)cc1. The molecule has 0 saturated heterocycles. The molecule has 23 heavy (non-hydrogen) atoms. The molecule has 0 aliphatic heterocycles. The third kappa shape index (κ3) is 5.03. The van der Waals surface area contributed by atoms with E-state index in [-0.39, 0.29) is 12.1 Å². The lowest BCUT2D eigenvalue weighted by Gasteiger charge is -2.08. The van der Waals surface area contributed by atoms with Crippen LogP contribution >= 0.6 is 0 Å². The van der Waals surface area contributed by atoms with Gasteiger partial charge >= 0.3 is 0 Å². The molecular weight excluding hydrogens is 304 g/mol.